The lowest BCUT2D eigenvalue weighted by Crippen LogP contribution is -2.05. The van der Waals surface area contributed by atoms with Gasteiger partial charge in [-0.1, -0.05) is 70.8 Å². The molecule has 0 spiro atoms. The van der Waals surface area contributed by atoms with Crippen LogP contribution in [-0.2, 0) is 0 Å². The van der Waals surface area contributed by atoms with Crippen LogP contribution in [0.4, 0.5) is 0 Å². The molecule has 4 rings (SSSR count). The first kappa shape index (κ1) is 20.9. The third kappa shape index (κ3) is 4.55. The number of ketones is 1. The van der Waals surface area contributed by atoms with E-state index in [1.807, 2.05) is 34.9 Å². The average molecular weight is 475 g/mol. The normalized spacial score (nSPS) is 10.9. The van der Waals surface area contributed by atoms with Crippen molar-refractivity contribution >= 4 is 52.3 Å². The van der Waals surface area contributed by atoms with E-state index in [4.69, 9.17) is 34.8 Å². The molecule has 0 aliphatic rings. The molecule has 8 heteroatoms. The minimum absolute atomic E-state index is 0.0828. The predicted octanol–water partition coefficient (Wildman–Crippen LogP) is 6.87. The largest absolute Gasteiger partial charge is 0.293 e. The van der Waals surface area contributed by atoms with Crippen LogP contribution in [0.15, 0.2) is 78.0 Å². The van der Waals surface area contributed by atoms with E-state index in [1.165, 1.54) is 11.8 Å². The Morgan fingerprint density at radius 3 is 2.37 bits per heavy atom. The summed E-state index contributed by atoms with van der Waals surface area (Å²) in [6.45, 7) is 0. The van der Waals surface area contributed by atoms with Crippen molar-refractivity contribution in [2.24, 2.45) is 0 Å². The molecular weight excluding hydrogens is 461 g/mol. The fraction of sp³-hybridized carbons (Fsp3) is 0.0455. The van der Waals surface area contributed by atoms with Crippen LogP contribution in [-0.4, -0.2) is 26.3 Å². The lowest BCUT2D eigenvalue weighted by molar-refractivity contribution is 0.102. The molecule has 3 aromatic carbocycles. The van der Waals surface area contributed by atoms with E-state index >= 15 is 0 Å². The van der Waals surface area contributed by atoms with Crippen LogP contribution in [0.5, 0.6) is 0 Å². The van der Waals surface area contributed by atoms with Gasteiger partial charge in [-0.2, -0.15) is 0 Å². The van der Waals surface area contributed by atoms with Gasteiger partial charge in [-0.15, -0.1) is 10.2 Å². The van der Waals surface area contributed by atoms with E-state index in [0.29, 0.717) is 31.6 Å². The van der Waals surface area contributed by atoms with E-state index in [0.717, 1.165) is 11.3 Å². The number of aromatic nitrogens is 3. The highest BCUT2D eigenvalue weighted by Gasteiger charge is 2.18. The number of Topliss-reactive ketones (excluding diaryl/α,β-unsaturated/α-hetero) is 1. The molecule has 0 unspecified atom stereocenters. The highest BCUT2D eigenvalue weighted by Crippen LogP contribution is 2.30. The molecule has 0 aliphatic heterocycles. The number of carbonyl (C=O) groups is 1. The van der Waals surface area contributed by atoms with Crippen LogP contribution >= 0.6 is 46.6 Å². The van der Waals surface area contributed by atoms with Crippen molar-refractivity contribution in [2.45, 2.75) is 5.16 Å². The van der Waals surface area contributed by atoms with Gasteiger partial charge in [0.05, 0.1) is 10.8 Å². The molecule has 0 saturated carbocycles. The minimum atomic E-state index is -0.0828. The number of nitrogens with zero attached hydrogens (tertiary/aromatic N) is 3. The van der Waals surface area contributed by atoms with Crippen LogP contribution in [0.1, 0.15) is 10.4 Å². The first-order valence-corrected chi connectivity index (χ1v) is 11.0. The van der Waals surface area contributed by atoms with Gasteiger partial charge in [-0.3, -0.25) is 9.36 Å². The second kappa shape index (κ2) is 9.23. The van der Waals surface area contributed by atoms with Crippen molar-refractivity contribution in [3.05, 3.63) is 93.4 Å². The molecular formula is C22H14Cl3N3OS. The summed E-state index contributed by atoms with van der Waals surface area (Å²) in [5, 5.41) is 10.9. The van der Waals surface area contributed by atoms with Crippen molar-refractivity contribution < 1.29 is 4.79 Å². The van der Waals surface area contributed by atoms with Gasteiger partial charge in [0, 0.05) is 26.9 Å². The zero-order chi connectivity index (χ0) is 21.1. The van der Waals surface area contributed by atoms with Gasteiger partial charge in [-0.05, 0) is 48.5 Å². The second-order valence-electron chi connectivity index (χ2n) is 6.32. The minimum Gasteiger partial charge on any atom is -0.293 e. The average Bonchev–Trinajstić information content (AvgIpc) is 3.17. The standard InChI is InChI=1S/C22H14Cl3N3OS/c23-15-8-10-17(11-9-15)28-21(14-4-3-5-16(24)12-14)26-27-22(28)30-13-20(29)18-6-1-2-7-19(18)25/h1-12H,13H2. The van der Waals surface area contributed by atoms with Gasteiger partial charge in [0.1, 0.15) is 0 Å². The summed E-state index contributed by atoms with van der Waals surface area (Å²) in [4.78, 5) is 12.7. The summed E-state index contributed by atoms with van der Waals surface area (Å²) >= 11 is 19.7. The zero-order valence-electron chi connectivity index (χ0n) is 15.4. The molecule has 30 heavy (non-hydrogen) atoms. The summed E-state index contributed by atoms with van der Waals surface area (Å²) in [5.74, 6) is 0.707. The molecule has 0 fully saturated rings. The molecule has 0 saturated heterocycles. The molecule has 0 aliphatic carbocycles. The topological polar surface area (TPSA) is 47.8 Å². The molecule has 0 amide bonds. The lowest BCUT2D eigenvalue weighted by atomic mass is 10.1. The fourth-order valence-electron chi connectivity index (χ4n) is 2.90. The Bertz CT molecular complexity index is 1210. The van der Waals surface area contributed by atoms with Crippen LogP contribution in [0.3, 0.4) is 0 Å². The van der Waals surface area contributed by atoms with Crippen LogP contribution in [0.2, 0.25) is 15.1 Å². The summed E-state index contributed by atoms with van der Waals surface area (Å²) in [5.41, 5.74) is 2.13. The maximum atomic E-state index is 12.7. The quantitative estimate of drug-likeness (QED) is 0.226. The molecule has 0 atom stereocenters. The second-order valence-corrected chi connectivity index (χ2v) is 8.54. The molecule has 1 heterocycles. The third-order valence-corrected chi connectivity index (χ3v) is 6.05. The van der Waals surface area contributed by atoms with E-state index in [9.17, 15) is 4.79 Å². The van der Waals surface area contributed by atoms with Gasteiger partial charge in [0.15, 0.2) is 16.8 Å². The van der Waals surface area contributed by atoms with E-state index in [-0.39, 0.29) is 11.5 Å². The molecule has 0 N–H and O–H groups in total. The maximum absolute atomic E-state index is 12.7. The van der Waals surface area contributed by atoms with Gasteiger partial charge < -0.3 is 0 Å². The van der Waals surface area contributed by atoms with Gasteiger partial charge in [0.2, 0.25) is 0 Å². The molecule has 1 aromatic heterocycles. The summed E-state index contributed by atoms with van der Waals surface area (Å²) < 4.78 is 1.88. The van der Waals surface area contributed by atoms with Crippen molar-refractivity contribution in [1.29, 1.82) is 0 Å². The number of thioether (sulfide) groups is 1. The van der Waals surface area contributed by atoms with Crippen LogP contribution in [0, 0.1) is 0 Å². The van der Waals surface area contributed by atoms with Gasteiger partial charge >= 0.3 is 0 Å². The Morgan fingerprint density at radius 1 is 0.867 bits per heavy atom. The Balaban J connectivity index is 1.70. The fourth-order valence-corrected chi connectivity index (χ4v) is 4.29. The van der Waals surface area contributed by atoms with Crippen molar-refractivity contribution in [3.8, 4) is 17.1 Å². The monoisotopic (exact) mass is 473 g/mol. The Hall–Kier alpha value is -2.31. The SMILES string of the molecule is O=C(CSc1nnc(-c2cccc(Cl)c2)n1-c1ccc(Cl)cc1)c1ccccc1Cl. The lowest BCUT2D eigenvalue weighted by Gasteiger charge is -2.11. The van der Waals surface area contributed by atoms with Gasteiger partial charge in [-0.25, -0.2) is 0 Å². The van der Waals surface area contributed by atoms with Crippen molar-refractivity contribution in [3.63, 3.8) is 0 Å². The Labute approximate surface area is 192 Å². The van der Waals surface area contributed by atoms with E-state index in [1.54, 1.807) is 42.5 Å². The molecule has 4 aromatic rings. The van der Waals surface area contributed by atoms with Crippen molar-refractivity contribution in [2.75, 3.05) is 5.75 Å². The Morgan fingerprint density at radius 2 is 1.63 bits per heavy atom. The molecule has 0 bridgehead atoms. The Kier molecular flexibility index (Phi) is 6.44. The first-order chi connectivity index (χ1) is 14.5. The smallest absolute Gasteiger partial charge is 0.196 e. The van der Waals surface area contributed by atoms with Crippen LogP contribution < -0.4 is 0 Å². The highest BCUT2D eigenvalue weighted by atomic mass is 35.5. The predicted molar refractivity (Wildman–Crippen MR) is 123 cm³/mol. The van der Waals surface area contributed by atoms with Gasteiger partial charge in [0.25, 0.3) is 0 Å². The number of hydrogen-bond acceptors (Lipinski definition) is 4. The molecule has 0 radical (unpaired) electrons. The number of benzene rings is 3. The van der Waals surface area contributed by atoms with Crippen LogP contribution in [0.25, 0.3) is 17.1 Å². The number of halogens is 3. The molecule has 4 nitrogen and oxygen atoms in total. The summed E-state index contributed by atoms with van der Waals surface area (Å²) in [6.07, 6.45) is 0. The first-order valence-electron chi connectivity index (χ1n) is 8.91. The summed E-state index contributed by atoms with van der Waals surface area (Å²) in [6, 6.07) is 21.7. The zero-order valence-corrected chi connectivity index (χ0v) is 18.5. The third-order valence-electron chi connectivity index (χ3n) is 4.31. The van der Waals surface area contributed by atoms with Crippen molar-refractivity contribution in [1.82, 2.24) is 14.8 Å². The van der Waals surface area contributed by atoms with E-state index < -0.39 is 0 Å². The maximum Gasteiger partial charge on any atom is 0.196 e. The van der Waals surface area contributed by atoms with E-state index in [2.05, 4.69) is 10.2 Å². The number of carbonyl (C=O) groups excluding carboxylic acids is 1. The number of rotatable bonds is 6. The summed E-state index contributed by atoms with van der Waals surface area (Å²) in [7, 11) is 0. The molecule has 150 valence electrons. The highest BCUT2D eigenvalue weighted by molar-refractivity contribution is 7.99. The number of hydrogen-bond donors (Lipinski definition) is 0.